The number of aromatic nitrogens is 3. The van der Waals surface area contributed by atoms with Crippen LogP contribution in [-0.2, 0) is 17.8 Å². The van der Waals surface area contributed by atoms with Gasteiger partial charge in [0.15, 0.2) is 0 Å². The van der Waals surface area contributed by atoms with Gasteiger partial charge in [-0.2, -0.15) is 4.98 Å². The summed E-state index contributed by atoms with van der Waals surface area (Å²) in [6.45, 7) is 0.461. The van der Waals surface area contributed by atoms with Crippen LogP contribution in [0, 0.1) is 0 Å². The number of benzene rings is 2. The molecule has 2 heterocycles. The molecule has 0 unspecified atom stereocenters. The van der Waals surface area contributed by atoms with Crippen LogP contribution >= 0.6 is 11.6 Å². The van der Waals surface area contributed by atoms with E-state index in [0.29, 0.717) is 40.9 Å². The van der Waals surface area contributed by atoms with E-state index in [1.54, 1.807) is 48.8 Å². The fourth-order valence-corrected chi connectivity index (χ4v) is 3.16. The molecule has 0 radical (unpaired) electrons. The van der Waals surface area contributed by atoms with E-state index in [0.717, 1.165) is 11.1 Å². The van der Waals surface area contributed by atoms with Gasteiger partial charge in [0.05, 0.1) is 6.61 Å². The standard InChI is InChI=1S/C24H20ClN3O4/c25-20-10-3-1-7-18(20)16-31-21-11-4-2-9-19(21)24(29)30-14-6-12-22-27-23(28-32-22)17-8-5-13-26-15-17/h1-5,7-11,13,15H,6,12,14,16H2. The summed E-state index contributed by atoms with van der Waals surface area (Å²) < 4.78 is 16.5. The van der Waals surface area contributed by atoms with Crippen LogP contribution in [0.1, 0.15) is 28.2 Å². The molecule has 0 saturated heterocycles. The van der Waals surface area contributed by atoms with Crippen LogP contribution in [0.4, 0.5) is 0 Å². The second-order valence-electron chi connectivity index (χ2n) is 6.87. The molecule has 8 heteroatoms. The summed E-state index contributed by atoms with van der Waals surface area (Å²) in [4.78, 5) is 20.9. The number of para-hydroxylation sites is 1. The van der Waals surface area contributed by atoms with Crippen LogP contribution in [-0.4, -0.2) is 27.7 Å². The number of esters is 1. The number of halogens is 1. The zero-order valence-electron chi connectivity index (χ0n) is 17.1. The van der Waals surface area contributed by atoms with Gasteiger partial charge < -0.3 is 14.0 Å². The van der Waals surface area contributed by atoms with Gasteiger partial charge >= 0.3 is 5.97 Å². The quantitative estimate of drug-likeness (QED) is 0.258. The lowest BCUT2D eigenvalue weighted by Gasteiger charge is -2.12. The highest BCUT2D eigenvalue weighted by Gasteiger charge is 2.15. The van der Waals surface area contributed by atoms with Crippen LogP contribution < -0.4 is 4.74 Å². The third kappa shape index (κ3) is 5.50. The highest BCUT2D eigenvalue weighted by atomic mass is 35.5. The Morgan fingerprint density at radius 1 is 1.03 bits per heavy atom. The van der Waals surface area contributed by atoms with E-state index in [9.17, 15) is 4.79 Å². The monoisotopic (exact) mass is 449 g/mol. The average Bonchev–Trinajstić information content (AvgIpc) is 3.31. The normalized spacial score (nSPS) is 10.7. The summed E-state index contributed by atoms with van der Waals surface area (Å²) >= 11 is 6.17. The molecule has 0 atom stereocenters. The van der Waals surface area contributed by atoms with Crippen LogP contribution in [0.5, 0.6) is 5.75 Å². The summed E-state index contributed by atoms with van der Waals surface area (Å²) in [5.41, 5.74) is 1.97. The third-order valence-electron chi connectivity index (χ3n) is 4.60. The zero-order chi connectivity index (χ0) is 22.2. The summed E-state index contributed by atoms with van der Waals surface area (Å²) in [6, 6.07) is 18.0. The predicted molar refractivity (Wildman–Crippen MR) is 118 cm³/mol. The smallest absolute Gasteiger partial charge is 0.341 e. The second kappa shape index (κ2) is 10.5. The molecule has 0 bridgehead atoms. The number of carbonyl (C=O) groups excluding carboxylic acids is 1. The molecule has 4 rings (SSSR count). The van der Waals surface area contributed by atoms with E-state index in [4.69, 9.17) is 25.6 Å². The van der Waals surface area contributed by atoms with Crippen molar-refractivity contribution in [3.63, 3.8) is 0 Å². The molecule has 0 aliphatic rings. The van der Waals surface area contributed by atoms with E-state index < -0.39 is 5.97 Å². The number of nitrogens with zero attached hydrogens (tertiary/aromatic N) is 3. The molecule has 4 aromatic rings. The molecule has 162 valence electrons. The number of hydrogen-bond donors (Lipinski definition) is 0. The maximum atomic E-state index is 12.6. The number of hydrogen-bond acceptors (Lipinski definition) is 7. The Hall–Kier alpha value is -3.71. The SMILES string of the molecule is O=C(OCCCc1nc(-c2cccnc2)no1)c1ccccc1OCc1ccccc1Cl. The Morgan fingerprint density at radius 3 is 2.72 bits per heavy atom. The van der Waals surface area contributed by atoms with Crippen LogP contribution in [0.3, 0.4) is 0 Å². The molecule has 0 aliphatic heterocycles. The highest BCUT2D eigenvalue weighted by molar-refractivity contribution is 6.31. The fraction of sp³-hybridized carbons (Fsp3) is 0.167. The van der Waals surface area contributed by atoms with E-state index in [1.165, 1.54) is 0 Å². The van der Waals surface area contributed by atoms with Crippen molar-refractivity contribution in [3.8, 4) is 17.1 Å². The van der Waals surface area contributed by atoms with E-state index in [2.05, 4.69) is 15.1 Å². The van der Waals surface area contributed by atoms with E-state index in [-0.39, 0.29) is 13.2 Å². The maximum Gasteiger partial charge on any atom is 0.341 e. The van der Waals surface area contributed by atoms with Gasteiger partial charge in [0.1, 0.15) is 17.9 Å². The van der Waals surface area contributed by atoms with Gasteiger partial charge in [-0.25, -0.2) is 4.79 Å². The van der Waals surface area contributed by atoms with Gasteiger partial charge in [-0.3, -0.25) is 4.98 Å². The van der Waals surface area contributed by atoms with Gasteiger partial charge in [0.2, 0.25) is 11.7 Å². The molecule has 0 spiro atoms. The predicted octanol–water partition coefficient (Wildman–Crippen LogP) is 5.15. The number of carbonyl (C=O) groups is 1. The van der Waals surface area contributed by atoms with E-state index >= 15 is 0 Å². The first kappa shape index (κ1) is 21.5. The molecule has 0 N–H and O–H groups in total. The zero-order valence-corrected chi connectivity index (χ0v) is 17.9. The minimum Gasteiger partial charge on any atom is -0.488 e. The highest BCUT2D eigenvalue weighted by Crippen LogP contribution is 2.23. The number of rotatable bonds is 9. The lowest BCUT2D eigenvalue weighted by Crippen LogP contribution is -2.09. The van der Waals surface area contributed by atoms with Crippen molar-refractivity contribution in [3.05, 3.63) is 95.1 Å². The average molecular weight is 450 g/mol. The van der Waals surface area contributed by atoms with Crippen molar-refractivity contribution in [1.82, 2.24) is 15.1 Å². The Kier molecular flexibility index (Phi) is 7.09. The first-order chi connectivity index (χ1) is 15.7. The fourth-order valence-electron chi connectivity index (χ4n) is 2.97. The summed E-state index contributed by atoms with van der Waals surface area (Å²) in [5, 5.41) is 4.56. The molecule has 2 aromatic carbocycles. The number of pyridine rings is 1. The molecule has 0 fully saturated rings. The van der Waals surface area contributed by atoms with Crippen molar-refractivity contribution in [1.29, 1.82) is 0 Å². The van der Waals surface area contributed by atoms with Crippen molar-refractivity contribution in [2.75, 3.05) is 6.61 Å². The van der Waals surface area contributed by atoms with Gasteiger partial charge in [0.25, 0.3) is 0 Å². The molecule has 0 amide bonds. The van der Waals surface area contributed by atoms with Crippen LogP contribution in [0.2, 0.25) is 5.02 Å². The Morgan fingerprint density at radius 2 is 1.88 bits per heavy atom. The second-order valence-corrected chi connectivity index (χ2v) is 7.28. The molecule has 0 saturated carbocycles. The first-order valence-corrected chi connectivity index (χ1v) is 10.4. The topological polar surface area (TPSA) is 87.3 Å². The summed E-state index contributed by atoms with van der Waals surface area (Å²) in [6.07, 6.45) is 4.38. The summed E-state index contributed by atoms with van der Waals surface area (Å²) in [5.74, 6) is 0.940. The van der Waals surface area contributed by atoms with Crippen LogP contribution in [0.15, 0.2) is 77.6 Å². The minimum absolute atomic E-state index is 0.211. The van der Waals surface area contributed by atoms with Gasteiger partial charge in [-0.1, -0.05) is 47.1 Å². The number of ether oxygens (including phenoxy) is 2. The Balaban J connectivity index is 1.28. The van der Waals surface area contributed by atoms with Crippen molar-refractivity contribution < 1.29 is 18.8 Å². The van der Waals surface area contributed by atoms with Crippen molar-refractivity contribution in [2.24, 2.45) is 0 Å². The van der Waals surface area contributed by atoms with Gasteiger partial charge in [-0.15, -0.1) is 0 Å². The Bertz CT molecular complexity index is 1180. The Labute approximate surface area is 190 Å². The number of aryl methyl sites for hydroxylation is 1. The van der Waals surface area contributed by atoms with Crippen LogP contribution in [0.25, 0.3) is 11.4 Å². The molecule has 0 aliphatic carbocycles. The lowest BCUT2D eigenvalue weighted by atomic mass is 10.2. The van der Waals surface area contributed by atoms with Gasteiger partial charge in [-0.05, 0) is 36.8 Å². The largest absolute Gasteiger partial charge is 0.488 e. The molecular weight excluding hydrogens is 430 g/mol. The molecular formula is C24H20ClN3O4. The first-order valence-electron chi connectivity index (χ1n) is 10.1. The molecule has 32 heavy (non-hydrogen) atoms. The third-order valence-corrected chi connectivity index (χ3v) is 4.97. The molecule has 2 aromatic heterocycles. The van der Waals surface area contributed by atoms with Crippen molar-refractivity contribution >= 4 is 17.6 Å². The van der Waals surface area contributed by atoms with Crippen molar-refractivity contribution in [2.45, 2.75) is 19.4 Å². The molecule has 7 nitrogen and oxygen atoms in total. The van der Waals surface area contributed by atoms with E-state index in [1.807, 2.05) is 24.3 Å². The lowest BCUT2D eigenvalue weighted by molar-refractivity contribution is 0.0493. The minimum atomic E-state index is -0.457. The maximum absolute atomic E-state index is 12.6. The van der Waals surface area contributed by atoms with Gasteiger partial charge in [0, 0.05) is 35.0 Å². The summed E-state index contributed by atoms with van der Waals surface area (Å²) in [7, 11) is 0.